The molecule has 18 heavy (non-hydrogen) atoms. The van der Waals surface area contributed by atoms with Gasteiger partial charge in [0.1, 0.15) is 11.6 Å². The summed E-state index contributed by atoms with van der Waals surface area (Å²) in [7, 11) is 0. The molecule has 0 saturated carbocycles. The number of phenols is 1. The molecule has 2 N–H and O–H groups in total. The van der Waals surface area contributed by atoms with Crippen LogP contribution in [0.2, 0.25) is 0 Å². The molecule has 0 aliphatic carbocycles. The number of thioether (sulfide) groups is 1. The summed E-state index contributed by atoms with van der Waals surface area (Å²) in [5, 5.41) is 9.39. The maximum atomic E-state index is 9.39. The molecule has 0 saturated heterocycles. The maximum Gasteiger partial charge on any atom is 0.117 e. The maximum absolute atomic E-state index is 9.39. The van der Waals surface area contributed by atoms with E-state index < -0.39 is 0 Å². The fourth-order valence-electron chi connectivity index (χ4n) is 1.80. The minimum Gasteiger partial charge on any atom is -0.508 e. The van der Waals surface area contributed by atoms with Crippen molar-refractivity contribution in [1.82, 2.24) is 9.97 Å². The SMILES string of the molecule is Oc1cccc(SCc2nc3ccccc3[nH]2)c1. The molecule has 90 valence electrons. The normalized spacial score (nSPS) is 10.9. The largest absolute Gasteiger partial charge is 0.508 e. The zero-order chi connectivity index (χ0) is 12.4. The highest BCUT2D eigenvalue weighted by atomic mass is 32.2. The van der Waals surface area contributed by atoms with Crippen molar-refractivity contribution in [1.29, 1.82) is 0 Å². The Morgan fingerprint density at radius 1 is 1.11 bits per heavy atom. The van der Waals surface area contributed by atoms with E-state index in [1.165, 1.54) is 0 Å². The molecule has 0 atom stereocenters. The van der Waals surface area contributed by atoms with Gasteiger partial charge in [-0.25, -0.2) is 4.98 Å². The summed E-state index contributed by atoms with van der Waals surface area (Å²) in [6.07, 6.45) is 0. The number of aromatic amines is 1. The summed E-state index contributed by atoms with van der Waals surface area (Å²) >= 11 is 1.65. The number of hydrogen-bond acceptors (Lipinski definition) is 3. The average Bonchev–Trinajstić information content (AvgIpc) is 2.79. The van der Waals surface area contributed by atoms with Crippen molar-refractivity contribution in [3.8, 4) is 5.75 Å². The molecule has 0 radical (unpaired) electrons. The minimum atomic E-state index is 0.296. The van der Waals surface area contributed by atoms with Crippen LogP contribution in [0, 0.1) is 0 Å². The summed E-state index contributed by atoms with van der Waals surface area (Å²) in [6.45, 7) is 0. The van der Waals surface area contributed by atoms with Crippen molar-refractivity contribution in [3.05, 3.63) is 54.4 Å². The van der Waals surface area contributed by atoms with E-state index in [1.807, 2.05) is 36.4 Å². The topological polar surface area (TPSA) is 48.9 Å². The number of nitrogens with zero attached hydrogens (tertiary/aromatic N) is 1. The lowest BCUT2D eigenvalue weighted by Gasteiger charge is -1.99. The monoisotopic (exact) mass is 256 g/mol. The number of aromatic hydroxyl groups is 1. The van der Waals surface area contributed by atoms with Crippen LogP contribution >= 0.6 is 11.8 Å². The number of imidazole rings is 1. The van der Waals surface area contributed by atoms with E-state index in [0.29, 0.717) is 5.75 Å². The van der Waals surface area contributed by atoms with E-state index >= 15 is 0 Å². The first-order valence-corrected chi connectivity index (χ1v) is 6.65. The molecule has 0 fully saturated rings. The number of benzene rings is 2. The van der Waals surface area contributed by atoms with Crippen LogP contribution in [-0.4, -0.2) is 15.1 Å². The summed E-state index contributed by atoms with van der Waals surface area (Å²) in [4.78, 5) is 8.83. The van der Waals surface area contributed by atoms with Gasteiger partial charge in [0.15, 0.2) is 0 Å². The molecule has 3 nitrogen and oxygen atoms in total. The second-order valence-electron chi connectivity index (χ2n) is 3.99. The number of para-hydroxylation sites is 2. The van der Waals surface area contributed by atoms with Crippen LogP contribution in [0.3, 0.4) is 0 Å². The Morgan fingerprint density at radius 2 is 2.00 bits per heavy atom. The zero-order valence-corrected chi connectivity index (χ0v) is 10.4. The number of phenolic OH excluding ortho intramolecular Hbond substituents is 1. The fourth-order valence-corrected chi connectivity index (χ4v) is 2.62. The highest BCUT2D eigenvalue weighted by Gasteiger charge is 2.03. The van der Waals surface area contributed by atoms with Gasteiger partial charge in [0, 0.05) is 4.90 Å². The minimum absolute atomic E-state index is 0.296. The molecule has 0 bridgehead atoms. The van der Waals surface area contributed by atoms with Crippen LogP contribution in [0.1, 0.15) is 5.82 Å². The van der Waals surface area contributed by atoms with Gasteiger partial charge in [-0.05, 0) is 30.3 Å². The Balaban J connectivity index is 1.76. The van der Waals surface area contributed by atoms with Crippen LogP contribution in [-0.2, 0) is 5.75 Å². The van der Waals surface area contributed by atoms with Gasteiger partial charge in [-0.3, -0.25) is 0 Å². The molecule has 3 aromatic rings. The number of aromatic nitrogens is 2. The van der Waals surface area contributed by atoms with Crippen molar-refractivity contribution in [2.24, 2.45) is 0 Å². The lowest BCUT2D eigenvalue weighted by Crippen LogP contribution is -1.83. The van der Waals surface area contributed by atoms with Crippen LogP contribution < -0.4 is 0 Å². The Morgan fingerprint density at radius 3 is 2.83 bits per heavy atom. The van der Waals surface area contributed by atoms with Crippen LogP contribution in [0.4, 0.5) is 0 Å². The average molecular weight is 256 g/mol. The van der Waals surface area contributed by atoms with Gasteiger partial charge < -0.3 is 10.1 Å². The van der Waals surface area contributed by atoms with Crippen LogP contribution in [0.25, 0.3) is 11.0 Å². The van der Waals surface area contributed by atoms with Gasteiger partial charge >= 0.3 is 0 Å². The highest BCUT2D eigenvalue weighted by Crippen LogP contribution is 2.25. The number of H-pyrrole nitrogens is 1. The molecule has 3 rings (SSSR count). The van der Waals surface area contributed by atoms with Gasteiger partial charge in [-0.1, -0.05) is 18.2 Å². The van der Waals surface area contributed by atoms with Gasteiger partial charge in [0.25, 0.3) is 0 Å². The Kier molecular flexibility index (Phi) is 2.94. The number of rotatable bonds is 3. The number of fused-ring (bicyclic) bond motifs is 1. The lowest BCUT2D eigenvalue weighted by atomic mass is 10.3. The molecule has 0 aliphatic heterocycles. The molecule has 0 amide bonds. The van der Waals surface area contributed by atoms with Crippen molar-refractivity contribution < 1.29 is 5.11 Å². The van der Waals surface area contributed by atoms with Crippen LogP contribution in [0.5, 0.6) is 5.75 Å². The summed E-state index contributed by atoms with van der Waals surface area (Å²) in [6, 6.07) is 15.2. The molecule has 0 spiro atoms. The first kappa shape index (κ1) is 11.2. The standard InChI is InChI=1S/C14H12N2OS/c17-10-4-3-5-11(8-10)18-9-14-15-12-6-1-2-7-13(12)16-14/h1-8,17H,9H2,(H,15,16). The van der Waals surface area contributed by atoms with Crippen molar-refractivity contribution in [2.45, 2.75) is 10.6 Å². The summed E-state index contributed by atoms with van der Waals surface area (Å²) < 4.78 is 0. The molecule has 2 aromatic carbocycles. The first-order valence-electron chi connectivity index (χ1n) is 5.67. The Bertz CT molecular complexity index is 645. The Hall–Kier alpha value is -1.94. The Labute approximate surface area is 109 Å². The third kappa shape index (κ3) is 2.33. The molecule has 0 unspecified atom stereocenters. The van der Waals surface area contributed by atoms with E-state index in [-0.39, 0.29) is 0 Å². The van der Waals surface area contributed by atoms with Crippen molar-refractivity contribution >= 4 is 22.8 Å². The molecule has 1 aromatic heterocycles. The molecule has 4 heteroatoms. The molecular weight excluding hydrogens is 244 g/mol. The van der Waals surface area contributed by atoms with E-state index in [1.54, 1.807) is 23.9 Å². The predicted molar refractivity (Wildman–Crippen MR) is 73.8 cm³/mol. The first-order chi connectivity index (χ1) is 8.81. The third-order valence-electron chi connectivity index (χ3n) is 2.63. The fraction of sp³-hybridized carbons (Fsp3) is 0.0714. The quantitative estimate of drug-likeness (QED) is 0.704. The van der Waals surface area contributed by atoms with Crippen molar-refractivity contribution in [3.63, 3.8) is 0 Å². The lowest BCUT2D eigenvalue weighted by molar-refractivity contribution is 0.474. The summed E-state index contributed by atoms with van der Waals surface area (Å²) in [5.74, 6) is 2.01. The van der Waals surface area contributed by atoms with Gasteiger partial charge in [0.2, 0.25) is 0 Å². The van der Waals surface area contributed by atoms with Gasteiger partial charge in [-0.15, -0.1) is 11.8 Å². The van der Waals surface area contributed by atoms with Crippen molar-refractivity contribution in [2.75, 3.05) is 0 Å². The highest BCUT2D eigenvalue weighted by molar-refractivity contribution is 7.98. The molecule has 1 heterocycles. The smallest absolute Gasteiger partial charge is 0.117 e. The summed E-state index contributed by atoms with van der Waals surface area (Å²) in [5.41, 5.74) is 2.05. The second kappa shape index (κ2) is 4.74. The predicted octanol–water partition coefficient (Wildman–Crippen LogP) is 3.56. The molecular formula is C14H12N2OS. The number of hydrogen-bond donors (Lipinski definition) is 2. The third-order valence-corrected chi connectivity index (χ3v) is 3.64. The van der Waals surface area contributed by atoms with E-state index in [0.717, 1.165) is 27.5 Å². The molecule has 0 aliphatic rings. The zero-order valence-electron chi connectivity index (χ0n) is 9.63. The van der Waals surface area contributed by atoms with Gasteiger partial charge in [-0.2, -0.15) is 0 Å². The van der Waals surface area contributed by atoms with E-state index in [4.69, 9.17) is 0 Å². The number of nitrogens with one attached hydrogen (secondary N) is 1. The van der Waals surface area contributed by atoms with E-state index in [2.05, 4.69) is 9.97 Å². The van der Waals surface area contributed by atoms with Gasteiger partial charge in [0.05, 0.1) is 16.8 Å². The van der Waals surface area contributed by atoms with E-state index in [9.17, 15) is 5.11 Å². The second-order valence-corrected chi connectivity index (χ2v) is 5.04. The van der Waals surface area contributed by atoms with Crippen LogP contribution in [0.15, 0.2) is 53.4 Å².